The summed E-state index contributed by atoms with van der Waals surface area (Å²) >= 11 is 0. The third-order valence-electron chi connectivity index (χ3n) is 2.56. The molecular formula is C13H20N2O2. The Bertz CT molecular complexity index is 383. The number of hydrogen-bond donors (Lipinski definition) is 1. The van der Waals surface area contributed by atoms with E-state index < -0.39 is 0 Å². The maximum Gasteiger partial charge on any atom is 0.270 e. The van der Waals surface area contributed by atoms with Gasteiger partial charge in [-0.2, -0.15) is 0 Å². The van der Waals surface area contributed by atoms with E-state index in [0.29, 0.717) is 18.8 Å². The highest BCUT2D eigenvalue weighted by Crippen LogP contribution is 2.13. The van der Waals surface area contributed by atoms with Crippen LogP contribution < -0.4 is 0 Å². The summed E-state index contributed by atoms with van der Waals surface area (Å²) in [6.07, 6.45) is 3.55. The lowest BCUT2D eigenvalue weighted by Crippen LogP contribution is -2.35. The Balaban J connectivity index is 2.92. The molecule has 0 spiro atoms. The summed E-state index contributed by atoms with van der Waals surface area (Å²) in [6.45, 7) is 8.41. The summed E-state index contributed by atoms with van der Waals surface area (Å²) in [6, 6.07) is 3.90. The second kappa shape index (κ2) is 6.25. The lowest BCUT2D eigenvalue weighted by atomic mass is 10.3. The minimum Gasteiger partial charge on any atom is -0.395 e. The number of rotatable bonds is 6. The van der Waals surface area contributed by atoms with Gasteiger partial charge in [0.05, 0.1) is 6.61 Å². The van der Waals surface area contributed by atoms with Crippen molar-refractivity contribution in [3.63, 3.8) is 0 Å². The van der Waals surface area contributed by atoms with Gasteiger partial charge in [-0.1, -0.05) is 6.08 Å². The van der Waals surface area contributed by atoms with Crippen LogP contribution in [0.15, 0.2) is 31.0 Å². The van der Waals surface area contributed by atoms with Crippen LogP contribution in [0.3, 0.4) is 0 Å². The van der Waals surface area contributed by atoms with Crippen LogP contribution >= 0.6 is 0 Å². The van der Waals surface area contributed by atoms with E-state index in [1.54, 1.807) is 17.0 Å². The first-order valence-corrected chi connectivity index (χ1v) is 5.79. The van der Waals surface area contributed by atoms with Crippen LogP contribution in [0.5, 0.6) is 0 Å². The van der Waals surface area contributed by atoms with Gasteiger partial charge < -0.3 is 14.6 Å². The van der Waals surface area contributed by atoms with E-state index in [-0.39, 0.29) is 18.6 Å². The van der Waals surface area contributed by atoms with Crippen molar-refractivity contribution >= 4 is 5.91 Å². The Labute approximate surface area is 102 Å². The van der Waals surface area contributed by atoms with Gasteiger partial charge >= 0.3 is 0 Å². The third-order valence-corrected chi connectivity index (χ3v) is 2.56. The SMILES string of the molecule is C=CCN(CCO)C(=O)c1cccn1C(C)C. The number of nitrogens with zero attached hydrogens (tertiary/aromatic N) is 2. The lowest BCUT2D eigenvalue weighted by Gasteiger charge is -2.22. The average Bonchev–Trinajstić information content (AvgIpc) is 2.76. The quantitative estimate of drug-likeness (QED) is 0.764. The Morgan fingerprint density at radius 2 is 2.35 bits per heavy atom. The maximum absolute atomic E-state index is 12.3. The molecule has 94 valence electrons. The predicted octanol–water partition coefficient (Wildman–Crippen LogP) is 1.69. The predicted molar refractivity (Wildman–Crippen MR) is 68.0 cm³/mol. The molecule has 0 fully saturated rings. The number of aliphatic hydroxyl groups excluding tert-OH is 1. The summed E-state index contributed by atoms with van der Waals surface area (Å²) in [4.78, 5) is 13.8. The van der Waals surface area contributed by atoms with E-state index in [4.69, 9.17) is 5.11 Å². The number of carbonyl (C=O) groups is 1. The molecule has 0 aromatic carbocycles. The lowest BCUT2D eigenvalue weighted by molar-refractivity contribution is 0.0730. The minimum absolute atomic E-state index is 0.0397. The summed E-state index contributed by atoms with van der Waals surface area (Å²) in [5.74, 6) is -0.0716. The van der Waals surface area contributed by atoms with E-state index in [9.17, 15) is 4.79 Å². The van der Waals surface area contributed by atoms with Gasteiger partial charge in [0.2, 0.25) is 0 Å². The molecule has 1 heterocycles. The zero-order valence-corrected chi connectivity index (χ0v) is 10.5. The molecule has 17 heavy (non-hydrogen) atoms. The molecule has 0 saturated carbocycles. The Morgan fingerprint density at radius 3 is 2.88 bits per heavy atom. The summed E-state index contributed by atoms with van der Waals surface area (Å²) in [7, 11) is 0. The first-order valence-electron chi connectivity index (χ1n) is 5.79. The first-order chi connectivity index (χ1) is 8.11. The Kier molecular flexibility index (Phi) is 4.97. The van der Waals surface area contributed by atoms with Crippen molar-refractivity contribution < 1.29 is 9.90 Å². The van der Waals surface area contributed by atoms with E-state index in [2.05, 4.69) is 6.58 Å². The van der Waals surface area contributed by atoms with Gasteiger partial charge in [-0.25, -0.2) is 0 Å². The maximum atomic E-state index is 12.3. The molecule has 4 nitrogen and oxygen atoms in total. The monoisotopic (exact) mass is 236 g/mol. The molecule has 4 heteroatoms. The van der Waals surface area contributed by atoms with Crippen LogP contribution in [0.25, 0.3) is 0 Å². The van der Waals surface area contributed by atoms with Gasteiger partial charge in [-0.3, -0.25) is 4.79 Å². The number of amides is 1. The van der Waals surface area contributed by atoms with Crippen LogP contribution in [-0.2, 0) is 0 Å². The van der Waals surface area contributed by atoms with E-state index in [0.717, 1.165) is 0 Å². The van der Waals surface area contributed by atoms with Crippen molar-refractivity contribution in [3.8, 4) is 0 Å². The molecule has 0 aliphatic heterocycles. The van der Waals surface area contributed by atoms with Crippen molar-refractivity contribution in [2.24, 2.45) is 0 Å². The number of aromatic nitrogens is 1. The second-order valence-corrected chi connectivity index (χ2v) is 4.16. The fraction of sp³-hybridized carbons (Fsp3) is 0.462. The van der Waals surface area contributed by atoms with E-state index >= 15 is 0 Å². The highest BCUT2D eigenvalue weighted by atomic mass is 16.3. The zero-order valence-electron chi connectivity index (χ0n) is 10.5. The fourth-order valence-corrected chi connectivity index (χ4v) is 1.74. The van der Waals surface area contributed by atoms with Gasteiger partial charge in [0.25, 0.3) is 5.91 Å². The highest BCUT2D eigenvalue weighted by Gasteiger charge is 2.18. The first kappa shape index (κ1) is 13.5. The summed E-state index contributed by atoms with van der Waals surface area (Å²) in [5.41, 5.74) is 0.648. The standard InChI is InChI=1S/C13H20N2O2/c1-4-7-14(9-10-16)13(17)12-6-5-8-15(12)11(2)3/h4-6,8,11,16H,1,7,9-10H2,2-3H3. The molecule has 0 aliphatic carbocycles. The van der Waals surface area contributed by atoms with E-state index in [1.807, 2.05) is 30.7 Å². The molecule has 0 aliphatic rings. The van der Waals surface area contributed by atoms with Crippen molar-refractivity contribution in [2.45, 2.75) is 19.9 Å². The molecule has 0 saturated heterocycles. The molecule has 1 aromatic heterocycles. The smallest absolute Gasteiger partial charge is 0.270 e. The van der Waals surface area contributed by atoms with Gasteiger partial charge in [0, 0.05) is 25.3 Å². The normalized spacial score (nSPS) is 10.6. The molecule has 0 unspecified atom stereocenters. The highest BCUT2D eigenvalue weighted by molar-refractivity contribution is 5.93. The van der Waals surface area contributed by atoms with Crippen molar-refractivity contribution in [2.75, 3.05) is 19.7 Å². The molecule has 0 atom stereocenters. The van der Waals surface area contributed by atoms with Gasteiger partial charge in [0.1, 0.15) is 5.69 Å². The van der Waals surface area contributed by atoms with Crippen LogP contribution in [0, 0.1) is 0 Å². The average molecular weight is 236 g/mol. The Hall–Kier alpha value is -1.55. The third kappa shape index (κ3) is 3.20. The number of aliphatic hydroxyl groups is 1. The Morgan fingerprint density at radius 1 is 1.65 bits per heavy atom. The molecular weight excluding hydrogens is 216 g/mol. The second-order valence-electron chi connectivity index (χ2n) is 4.16. The van der Waals surface area contributed by atoms with Gasteiger partial charge in [-0.15, -0.1) is 6.58 Å². The molecule has 1 N–H and O–H groups in total. The topological polar surface area (TPSA) is 45.5 Å². The van der Waals surface area contributed by atoms with Gasteiger partial charge in [-0.05, 0) is 26.0 Å². The molecule has 0 bridgehead atoms. The largest absolute Gasteiger partial charge is 0.395 e. The van der Waals surface area contributed by atoms with Crippen molar-refractivity contribution in [1.82, 2.24) is 9.47 Å². The molecule has 1 aromatic rings. The van der Waals surface area contributed by atoms with Crippen LogP contribution in [0.4, 0.5) is 0 Å². The van der Waals surface area contributed by atoms with Crippen molar-refractivity contribution in [3.05, 3.63) is 36.7 Å². The van der Waals surface area contributed by atoms with Crippen LogP contribution in [-0.4, -0.2) is 40.2 Å². The van der Waals surface area contributed by atoms with E-state index in [1.165, 1.54) is 0 Å². The number of carbonyl (C=O) groups excluding carboxylic acids is 1. The molecule has 1 rings (SSSR count). The van der Waals surface area contributed by atoms with Crippen molar-refractivity contribution in [1.29, 1.82) is 0 Å². The summed E-state index contributed by atoms with van der Waals surface area (Å²) in [5, 5.41) is 8.95. The minimum atomic E-state index is -0.0716. The number of hydrogen-bond acceptors (Lipinski definition) is 2. The van der Waals surface area contributed by atoms with Gasteiger partial charge in [0.15, 0.2) is 0 Å². The summed E-state index contributed by atoms with van der Waals surface area (Å²) < 4.78 is 1.93. The molecule has 1 amide bonds. The van der Waals surface area contributed by atoms with Crippen LogP contribution in [0.1, 0.15) is 30.4 Å². The van der Waals surface area contributed by atoms with Crippen LogP contribution in [0.2, 0.25) is 0 Å². The molecule has 0 radical (unpaired) electrons. The zero-order chi connectivity index (χ0) is 12.8. The fourth-order valence-electron chi connectivity index (χ4n) is 1.74.